The Morgan fingerprint density at radius 3 is 1.00 bits per heavy atom. The SMILES string of the molecule is CC[NH3+].C[N+](C)(C)C.[Cl-].[Cl-]. The Labute approximate surface area is 77.2 Å². The van der Waals surface area contributed by atoms with E-state index in [-0.39, 0.29) is 24.8 Å². The van der Waals surface area contributed by atoms with Crippen molar-refractivity contribution in [1.82, 2.24) is 0 Å². The van der Waals surface area contributed by atoms with E-state index in [1.54, 1.807) is 0 Å². The van der Waals surface area contributed by atoms with Crippen LogP contribution in [0.2, 0.25) is 0 Å². The molecule has 0 bridgehead atoms. The molecule has 10 heavy (non-hydrogen) atoms. The van der Waals surface area contributed by atoms with Crippen molar-refractivity contribution in [2.75, 3.05) is 34.7 Å². The van der Waals surface area contributed by atoms with E-state index < -0.39 is 0 Å². The number of halogens is 2. The van der Waals surface area contributed by atoms with Crippen LogP contribution in [0, 0.1) is 0 Å². The fourth-order valence-electron chi connectivity index (χ4n) is 0. The number of rotatable bonds is 0. The summed E-state index contributed by atoms with van der Waals surface area (Å²) >= 11 is 0. The lowest BCUT2D eigenvalue weighted by molar-refractivity contribution is -0.849. The Morgan fingerprint density at radius 1 is 1.00 bits per heavy atom. The van der Waals surface area contributed by atoms with Crippen molar-refractivity contribution in [3.05, 3.63) is 0 Å². The van der Waals surface area contributed by atoms with Crippen molar-refractivity contribution in [3.8, 4) is 0 Å². The van der Waals surface area contributed by atoms with Crippen molar-refractivity contribution >= 4 is 0 Å². The first-order valence-electron chi connectivity index (χ1n) is 3.00. The molecule has 0 amide bonds. The summed E-state index contributed by atoms with van der Waals surface area (Å²) < 4.78 is 1.00. The Hall–Kier alpha value is 0.500. The van der Waals surface area contributed by atoms with Crippen LogP contribution in [-0.4, -0.2) is 39.2 Å². The molecule has 2 nitrogen and oxygen atoms in total. The van der Waals surface area contributed by atoms with E-state index in [1.807, 2.05) is 6.92 Å². The molecule has 4 heteroatoms. The van der Waals surface area contributed by atoms with Gasteiger partial charge in [0.2, 0.25) is 0 Å². The smallest absolute Gasteiger partial charge is 0.0711 e. The maximum Gasteiger partial charge on any atom is 0.0711 e. The molecular formula is C6H20Cl2N2. The second-order valence-corrected chi connectivity index (χ2v) is 3.18. The van der Waals surface area contributed by atoms with Gasteiger partial charge >= 0.3 is 0 Å². The fraction of sp³-hybridized carbons (Fsp3) is 1.00. The molecule has 0 saturated heterocycles. The summed E-state index contributed by atoms with van der Waals surface area (Å²) in [5.74, 6) is 0. The van der Waals surface area contributed by atoms with Gasteiger partial charge in [-0.2, -0.15) is 0 Å². The molecule has 0 aromatic heterocycles. The highest BCUT2D eigenvalue weighted by atomic mass is 35.5. The highest BCUT2D eigenvalue weighted by Gasteiger charge is 1.88. The van der Waals surface area contributed by atoms with Crippen LogP contribution < -0.4 is 30.5 Å². The number of nitrogens with zero attached hydrogens (tertiary/aromatic N) is 1. The summed E-state index contributed by atoms with van der Waals surface area (Å²) in [5, 5.41) is 0. The molecule has 0 aliphatic carbocycles. The predicted octanol–water partition coefficient (Wildman–Crippen LogP) is -6.42. The molecule has 0 heterocycles. The van der Waals surface area contributed by atoms with Gasteiger partial charge in [-0.15, -0.1) is 0 Å². The van der Waals surface area contributed by atoms with Gasteiger partial charge in [0.1, 0.15) is 0 Å². The van der Waals surface area contributed by atoms with Crippen molar-refractivity contribution in [3.63, 3.8) is 0 Å². The Kier molecular flexibility index (Phi) is 27.4. The van der Waals surface area contributed by atoms with E-state index in [2.05, 4.69) is 33.9 Å². The number of quaternary nitrogens is 2. The van der Waals surface area contributed by atoms with E-state index in [0.717, 1.165) is 11.0 Å². The second kappa shape index (κ2) is 12.2. The molecule has 0 radical (unpaired) electrons. The molecule has 68 valence electrons. The van der Waals surface area contributed by atoms with E-state index in [0.29, 0.717) is 0 Å². The highest BCUT2D eigenvalue weighted by Crippen LogP contribution is 1.73. The zero-order valence-electron chi connectivity index (χ0n) is 7.62. The lowest BCUT2D eigenvalue weighted by Crippen LogP contribution is -3.00. The Bertz CT molecular complexity index is 37.5. The zero-order chi connectivity index (χ0) is 7.21. The predicted molar refractivity (Wildman–Crippen MR) is 37.4 cm³/mol. The van der Waals surface area contributed by atoms with E-state index >= 15 is 0 Å². The van der Waals surface area contributed by atoms with Crippen molar-refractivity contribution in [1.29, 1.82) is 0 Å². The van der Waals surface area contributed by atoms with Crippen LogP contribution in [0.5, 0.6) is 0 Å². The molecular weight excluding hydrogens is 171 g/mol. The standard InChI is InChI=1S/C4H12N.C2H7N.2ClH/c1-5(2,3)4;1-2-3;;/h1-4H3;2-3H2,1H3;2*1H/q+1;;;/p-1. The average Bonchev–Trinajstić information content (AvgIpc) is 1.27. The topological polar surface area (TPSA) is 27.6 Å². The van der Waals surface area contributed by atoms with Crippen LogP contribution in [0.1, 0.15) is 6.92 Å². The molecule has 3 N–H and O–H groups in total. The lowest BCUT2D eigenvalue weighted by atomic mass is 10.8. The van der Waals surface area contributed by atoms with Gasteiger partial charge in [-0.3, -0.25) is 0 Å². The van der Waals surface area contributed by atoms with Crippen molar-refractivity contribution < 1.29 is 35.0 Å². The number of hydrogen-bond donors (Lipinski definition) is 1. The summed E-state index contributed by atoms with van der Waals surface area (Å²) in [4.78, 5) is 0. The van der Waals surface area contributed by atoms with Gasteiger partial charge in [-0.25, -0.2) is 0 Å². The fourth-order valence-corrected chi connectivity index (χ4v) is 0. The molecule has 0 fully saturated rings. The molecule has 0 rings (SSSR count). The third-order valence-corrected chi connectivity index (χ3v) is 0. The lowest BCUT2D eigenvalue weighted by Gasteiger charge is -2.14. The van der Waals surface area contributed by atoms with Crippen molar-refractivity contribution in [2.24, 2.45) is 0 Å². The molecule has 0 spiro atoms. The van der Waals surface area contributed by atoms with Gasteiger partial charge in [0, 0.05) is 0 Å². The first-order chi connectivity index (χ1) is 3.41. The minimum Gasteiger partial charge on any atom is -1.00 e. The third-order valence-electron chi connectivity index (χ3n) is 0. The van der Waals surface area contributed by atoms with Crippen LogP contribution in [0.15, 0.2) is 0 Å². The third kappa shape index (κ3) is 1910. The first-order valence-corrected chi connectivity index (χ1v) is 3.00. The summed E-state index contributed by atoms with van der Waals surface area (Å²) in [6.07, 6.45) is 0. The molecule has 0 aromatic rings. The van der Waals surface area contributed by atoms with Gasteiger partial charge in [0.25, 0.3) is 0 Å². The van der Waals surface area contributed by atoms with Gasteiger partial charge in [-0.1, -0.05) is 0 Å². The quantitative estimate of drug-likeness (QED) is 0.369. The minimum atomic E-state index is 0. The maximum absolute atomic E-state index is 3.49. The monoisotopic (exact) mass is 190 g/mol. The summed E-state index contributed by atoms with van der Waals surface area (Å²) in [5.41, 5.74) is 3.49. The van der Waals surface area contributed by atoms with E-state index in [4.69, 9.17) is 0 Å². The van der Waals surface area contributed by atoms with Crippen LogP contribution in [0.4, 0.5) is 0 Å². The minimum absolute atomic E-state index is 0. The van der Waals surface area contributed by atoms with E-state index in [9.17, 15) is 0 Å². The Morgan fingerprint density at radius 2 is 1.00 bits per heavy atom. The summed E-state index contributed by atoms with van der Waals surface area (Å²) in [6.45, 7) is 3.01. The molecule has 0 aliphatic rings. The van der Waals surface area contributed by atoms with Crippen LogP contribution in [0.3, 0.4) is 0 Å². The average molecular weight is 191 g/mol. The molecule has 0 aromatic carbocycles. The number of hydrogen-bond acceptors (Lipinski definition) is 0. The molecule has 0 aliphatic heterocycles. The highest BCUT2D eigenvalue weighted by molar-refractivity contribution is 3.87. The Balaban J connectivity index is -0.0000000326. The molecule has 0 saturated carbocycles. The van der Waals surface area contributed by atoms with Crippen LogP contribution in [-0.2, 0) is 0 Å². The molecule has 0 atom stereocenters. The summed E-state index contributed by atoms with van der Waals surface area (Å²) in [7, 11) is 8.50. The van der Waals surface area contributed by atoms with Gasteiger partial charge in [0.05, 0.1) is 34.7 Å². The van der Waals surface area contributed by atoms with Gasteiger partial charge < -0.3 is 35.0 Å². The second-order valence-electron chi connectivity index (χ2n) is 3.18. The maximum atomic E-state index is 3.49. The van der Waals surface area contributed by atoms with Crippen LogP contribution in [0.25, 0.3) is 0 Å². The molecule has 0 unspecified atom stereocenters. The van der Waals surface area contributed by atoms with Crippen molar-refractivity contribution in [2.45, 2.75) is 6.92 Å². The van der Waals surface area contributed by atoms with Crippen LogP contribution >= 0.6 is 0 Å². The summed E-state index contributed by atoms with van der Waals surface area (Å²) in [6, 6.07) is 0. The largest absolute Gasteiger partial charge is 1.00 e. The first kappa shape index (κ1) is 22.4. The van der Waals surface area contributed by atoms with E-state index in [1.165, 1.54) is 0 Å². The normalized spacial score (nSPS) is 7.80. The van der Waals surface area contributed by atoms with Gasteiger partial charge in [0.15, 0.2) is 0 Å². The zero-order valence-corrected chi connectivity index (χ0v) is 9.13. The van der Waals surface area contributed by atoms with Gasteiger partial charge in [-0.05, 0) is 6.92 Å².